The van der Waals surface area contributed by atoms with Gasteiger partial charge in [-0.25, -0.2) is 8.42 Å². The largest absolute Gasteiger partial charge is 0.229 e. The van der Waals surface area contributed by atoms with Crippen molar-refractivity contribution in [3.63, 3.8) is 0 Å². The number of rotatable bonds is 0. The summed E-state index contributed by atoms with van der Waals surface area (Å²) in [5.74, 6) is 0. The molecule has 1 aliphatic rings. The van der Waals surface area contributed by atoms with Crippen LogP contribution in [0.1, 0.15) is 20.3 Å². The van der Waals surface area contributed by atoms with Crippen LogP contribution >= 0.6 is 0 Å². The lowest BCUT2D eigenvalue weighted by molar-refractivity contribution is 0.607. The van der Waals surface area contributed by atoms with Crippen LogP contribution in [0.3, 0.4) is 0 Å². The Hall–Kier alpha value is -0.570. The minimum Gasteiger partial charge on any atom is -0.229 e. The van der Waals surface area contributed by atoms with Gasteiger partial charge in [0, 0.05) is 12.5 Å². The van der Waals surface area contributed by atoms with Crippen LogP contribution < -0.4 is 0 Å². The average Bonchev–Trinajstić information content (AvgIpc) is 2.41. The van der Waals surface area contributed by atoms with Crippen molar-refractivity contribution >= 4 is 9.84 Å². The molecule has 0 aliphatic heterocycles. The Kier molecular flexibility index (Phi) is 9.93. The highest BCUT2D eigenvalue weighted by Crippen LogP contribution is 1.93. The molecule has 0 unspecified atom stereocenters. The Morgan fingerprint density at radius 1 is 1.00 bits per heavy atom. The Morgan fingerprint density at radius 2 is 1.25 bits per heavy atom. The number of hydrogen-bond donors (Lipinski definition) is 0. The molecular formula is C9H18O2S. The van der Waals surface area contributed by atoms with Crippen molar-refractivity contribution in [2.45, 2.75) is 20.3 Å². The van der Waals surface area contributed by atoms with E-state index in [0.29, 0.717) is 0 Å². The van der Waals surface area contributed by atoms with Crippen molar-refractivity contribution in [1.29, 1.82) is 0 Å². The van der Waals surface area contributed by atoms with Gasteiger partial charge in [0.05, 0.1) is 0 Å². The molecule has 1 aliphatic carbocycles. The third-order valence-electron chi connectivity index (χ3n) is 0.655. The number of allylic oxidation sites excluding steroid dienone is 4. The van der Waals surface area contributed by atoms with Gasteiger partial charge >= 0.3 is 0 Å². The van der Waals surface area contributed by atoms with Crippen LogP contribution in [0.15, 0.2) is 24.3 Å². The van der Waals surface area contributed by atoms with Crippen molar-refractivity contribution in [1.82, 2.24) is 0 Å². The second-order valence-corrected chi connectivity index (χ2v) is 4.52. The van der Waals surface area contributed by atoms with Crippen molar-refractivity contribution in [3.8, 4) is 0 Å². The van der Waals surface area contributed by atoms with Crippen molar-refractivity contribution in [2.75, 3.05) is 12.5 Å². The normalized spacial score (nSPS) is 12.7. The molecule has 12 heavy (non-hydrogen) atoms. The minimum atomic E-state index is -2.67. The quantitative estimate of drug-likeness (QED) is 0.587. The number of hydrogen-bond acceptors (Lipinski definition) is 2. The van der Waals surface area contributed by atoms with Gasteiger partial charge in [-0.1, -0.05) is 38.2 Å². The molecule has 0 aromatic heterocycles. The molecule has 0 radical (unpaired) electrons. The van der Waals surface area contributed by atoms with Crippen molar-refractivity contribution in [2.24, 2.45) is 0 Å². The van der Waals surface area contributed by atoms with Gasteiger partial charge in [0.1, 0.15) is 9.84 Å². The standard InChI is InChI=1S/C5H6.C2H6O2S.C2H6/c1-2-4-5-3-1;1-5(2,3)4;1-2/h1-4H,5H2;1-2H3;1-2H3. The van der Waals surface area contributed by atoms with Gasteiger partial charge in [0.25, 0.3) is 0 Å². The highest BCUT2D eigenvalue weighted by molar-refractivity contribution is 7.89. The molecule has 3 heteroatoms. The first-order chi connectivity index (χ1) is 5.50. The maximum Gasteiger partial charge on any atom is 0.144 e. The molecule has 2 nitrogen and oxygen atoms in total. The summed E-state index contributed by atoms with van der Waals surface area (Å²) < 4.78 is 19.3. The fourth-order valence-electron chi connectivity index (χ4n) is 0.393. The summed E-state index contributed by atoms with van der Waals surface area (Å²) >= 11 is 0. The molecule has 0 heterocycles. The summed E-state index contributed by atoms with van der Waals surface area (Å²) in [4.78, 5) is 0. The molecule has 72 valence electrons. The maximum absolute atomic E-state index is 9.63. The van der Waals surface area contributed by atoms with Gasteiger partial charge in [-0.2, -0.15) is 0 Å². The van der Waals surface area contributed by atoms with E-state index in [-0.39, 0.29) is 0 Å². The fraction of sp³-hybridized carbons (Fsp3) is 0.556. The van der Waals surface area contributed by atoms with Crippen LogP contribution in [0, 0.1) is 0 Å². The first-order valence-corrected chi connectivity index (χ1v) is 6.27. The Bertz CT molecular complexity index is 205. The molecule has 1 rings (SSSR count). The Labute approximate surface area is 75.9 Å². The van der Waals surface area contributed by atoms with Gasteiger partial charge < -0.3 is 0 Å². The molecule has 0 aromatic rings. The van der Waals surface area contributed by atoms with Gasteiger partial charge in [-0.15, -0.1) is 0 Å². The van der Waals surface area contributed by atoms with Gasteiger partial charge in [-0.05, 0) is 6.42 Å². The zero-order valence-electron chi connectivity index (χ0n) is 8.24. The highest BCUT2D eigenvalue weighted by atomic mass is 32.2. The Balaban J connectivity index is 0. The smallest absolute Gasteiger partial charge is 0.144 e. The number of sulfone groups is 1. The van der Waals surface area contributed by atoms with E-state index in [9.17, 15) is 8.42 Å². The summed E-state index contributed by atoms with van der Waals surface area (Å²) in [6.45, 7) is 4.00. The monoisotopic (exact) mass is 190 g/mol. The predicted octanol–water partition coefficient (Wildman–Crippen LogP) is 2.19. The zero-order valence-corrected chi connectivity index (χ0v) is 9.06. The molecule has 0 amide bonds. The molecule has 0 aromatic carbocycles. The lowest BCUT2D eigenvalue weighted by atomic mass is 10.5. The van der Waals surface area contributed by atoms with Crippen LogP contribution in [0.25, 0.3) is 0 Å². The SMILES string of the molecule is C1=CCC=C1.CC.CS(C)(=O)=O. The molecule has 0 N–H and O–H groups in total. The second-order valence-electron chi connectivity index (χ2n) is 2.23. The third kappa shape index (κ3) is 34.1. The zero-order chi connectivity index (χ0) is 10.0. The van der Waals surface area contributed by atoms with Crippen LogP contribution in [-0.2, 0) is 9.84 Å². The summed E-state index contributed by atoms with van der Waals surface area (Å²) in [7, 11) is -2.67. The summed E-state index contributed by atoms with van der Waals surface area (Å²) in [5.41, 5.74) is 0. The van der Waals surface area contributed by atoms with E-state index in [1.54, 1.807) is 0 Å². The van der Waals surface area contributed by atoms with Gasteiger partial charge in [0.2, 0.25) is 0 Å². The van der Waals surface area contributed by atoms with E-state index >= 15 is 0 Å². The minimum absolute atomic E-state index is 1.14. The van der Waals surface area contributed by atoms with E-state index in [2.05, 4.69) is 24.3 Å². The van der Waals surface area contributed by atoms with Gasteiger partial charge in [0.15, 0.2) is 0 Å². The lowest BCUT2D eigenvalue weighted by Crippen LogP contribution is -1.86. The van der Waals surface area contributed by atoms with Crippen molar-refractivity contribution in [3.05, 3.63) is 24.3 Å². The molecule has 0 spiro atoms. The van der Waals surface area contributed by atoms with E-state index in [1.165, 1.54) is 0 Å². The molecule has 0 fully saturated rings. The average molecular weight is 190 g/mol. The first kappa shape index (κ1) is 14.0. The highest BCUT2D eigenvalue weighted by Gasteiger charge is 1.79. The molecule has 0 bridgehead atoms. The van der Waals surface area contributed by atoms with Crippen LogP contribution in [0.5, 0.6) is 0 Å². The van der Waals surface area contributed by atoms with E-state index in [4.69, 9.17) is 0 Å². The lowest BCUT2D eigenvalue weighted by Gasteiger charge is -1.69. The van der Waals surface area contributed by atoms with Crippen LogP contribution in [0.4, 0.5) is 0 Å². The Morgan fingerprint density at radius 3 is 1.33 bits per heavy atom. The first-order valence-electron chi connectivity index (χ1n) is 3.97. The predicted molar refractivity (Wildman–Crippen MR) is 55.0 cm³/mol. The van der Waals surface area contributed by atoms with Crippen LogP contribution in [0.2, 0.25) is 0 Å². The molecular weight excluding hydrogens is 172 g/mol. The van der Waals surface area contributed by atoms with E-state index in [1.807, 2.05) is 13.8 Å². The molecule has 0 saturated heterocycles. The maximum atomic E-state index is 9.63. The summed E-state index contributed by atoms with van der Waals surface area (Å²) in [5, 5.41) is 0. The third-order valence-corrected chi connectivity index (χ3v) is 0.655. The van der Waals surface area contributed by atoms with Crippen molar-refractivity contribution < 1.29 is 8.42 Å². The molecule has 0 atom stereocenters. The van der Waals surface area contributed by atoms with Crippen LogP contribution in [-0.4, -0.2) is 20.9 Å². The van der Waals surface area contributed by atoms with Gasteiger partial charge in [-0.3, -0.25) is 0 Å². The van der Waals surface area contributed by atoms with E-state index < -0.39 is 9.84 Å². The summed E-state index contributed by atoms with van der Waals surface area (Å²) in [6, 6.07) is 0. The summed E-state index contributed by atoms with van der Waals surface area (Å²) in [6.07, 6.45) is 11.8. The second kappa shape index (κ2) is 8.53. The molecule has 0 saturated carbocycles. The topological polar surface area (TPSA) is 34.1 Å². The van der Waals surface area contributed by atoms with E-state index in [0.717, 1.165) is 18.9 Å². The fourth-order valence-corrected chi connectivity index (χ4v) is 0.393.